The minimum Gasteiger partial charge on any atom is -0.486 e. The Balaban J connectivity index is 1.85. The van der Waals surface area contributed by atoms with Crippen LogP contribution in [-0.4, -0.2) is 11.9 Å². The Morgan fingerprint density at radius 1 is 1.37 bits per heavy atom. The number of hydrogen-bond acceptors (Lipinski definition) is 5. The lowest BCUT2D eigenvalue weighted by atomic mass is 10.1. The van der Waals surface area contributed by atoms with Crippen LogP contribution in [0.25, 0.3) is 0 Å². The third-order valence-corrected chi connectivity index (χ3v) is 4.81. The van der Waals surface area contributed by atoms with E-state index in [-0.39, 0.29) is 12.1 Å². The second-order valence-corrected chi connectivity index (χ2v) is 6.11. The summed E-state index contributed by atoms with van der Waals surface area (Å²) >= 11 is 5.22. The van der Waals surface area contributed by atoms with Crippen molar-refractivity contribution in [3.8, 4) is 5.75 Å². The highest BCUT2D eigenvalue weighted by Gasteiger charge is 2.31. The zero-order valence-electron chi connectivity index (χ0n) is 10.0. The minimum atomic E-state index is -0.190. The molecule has 0 radical (unpaired) electrons. The van der Waals surface area contributed by atoms with Crippen LogP contribution in [0.1, 0.15) is 11.8 Å². The fourth-order valence-electron chi connectivity index (χ4n) is 2.08. The van der Waals surface area contributed by atoms with Gasteiger partial charge in [0.15, 0.2) is 0 Å². The topological polar surface area (TPSA) is 60.4 Å². The van der Waals surface area contributed by atoms with E-state index in [9.17, 15) is 0 Å². The summed E-state index contributed by atoms with van der Waals surface area (Å²) in [6.07, 6.45) is 1.56. The van der Waals surface area contributed by atoms with Crippen molar-refractivity contribution in [3.05, 3.63) is 46.8 Å². The standard InChI is InChI=1S/C13H13BrN2O2S/c14-8-5-6-17-13(8)12(16-15)10-7-19-11-4-2-1-3-9(11)18-10/h1-6,10,12,16H,7,15H2. The first-order valence-electron chi connectivity index (χ1n) is 5.87. The number of nitrogens with one attached hydrogen (secondary N) is 1. The number of para-hydroxylation sites is 1. The van der Waals surface area contributed by atoms with Gasteiger partial charge in [0.2, 0.25) is 0 Å². The molecule has 0 saturated heterocycles. The molecule has 0 spiro atoms. The van der Waals surface area contributed by atoms with E-state index in [1.165, 1.54) is 0 Å². The van der Waals surface area contributed by atoms with Crippen molar-refractivity contribution in [2.24, 2.45) is 5.84 Å². The van der Waals surface area contributed by atoms with Gasteiger partial charge in [0.05, 0.1) is 10.7 Å². The molecule has 19 heavy (non-hydrogen) atoms. The summed E-state index contributed by atoms with van der Waals surface area (Å²) in [4.78, 5) is 1.16. The highest BCUT2D eigenvalue weighted by molar-refractivity contribution is 9.10. The van der Waals surface area contributed by atoms with Gasteiger partial charge in [-0.1, -0.05) is 12.1 Å². The number of thioether (sulfide) groups is 1. The van der Waals surface area contributed by atoms with Crippen molar-refractivity contribution in [1.82, 2.24) is 5.43 Å². The van der Waals surface area contributed by atoms with Crippen molar-refractivity contribution in [1.29, 1.82) is 0 Å². The summed E-state index contributed by atoms with van der Waals surface area (Å²) < 4.78 is 12.4. The molecule has 1 aliphatic heterocycles. The van der Waals surface area contributed by atoms with Gasteiger partial charge in [0.25, 0.3) is 0 Å². The highest BCUT2D eigenvalue weighted by Crippen LogP contribution is 2.39. The smallest absolute Gasteiger partial charge is 0.139 e. The van der Waals surface area contributed by atoms with Crippen molar-refractivity contribution < 1.29 is 9.15 Å². The molecule has 3 rings (SSSR count). The number of ether oxygens (including phenoxy) is 1. The Labute approximate surface area is 123 Å². The number of benzene rings is 1. The molecule has 1 aromatic carbocycles. The molecule has 100 valence electrons. The van der Waals surface area contributed by atoms with Gasteiger partial charge in [-0.05, 0) is 34.1 Å². The van der Waals surface area contributed by atoms with Crippen LogP contribution in [0.15, 0.2) is 50.4 Å². The third-order valence-electron chi connectivity index (χ3n) is 3.01. The fraction of sp³-hybridized carbons (Fsp3) is 0.231. The maximum Gasteiger partial charge on any atom is 0.139 e. The zero-order valence-corrected chi connectivity index (χ0v) is 12.4. The van der Waals surface area contributed by atoms with E-state index >= 15 is 0 Å². The van der Waals surface area contributed by atoms with E-state index in [0.717, 1.165) is 26.6 Å². The normalized spacial score (nSPS) is 19.6. The molecule has 2 aromatic rings. The number of hydrogen-bond donors (Lipinski definition) is 2. The molecule has 2 atom stereocenters. The van der Waals surface area contributed by atoms with Crippen LogP contribution in [0, 0.1) is 0 Å². The molecule has 4 nitrogen and oxygen atoms in total. The van der Waals surface area contributed by atoms with Gasteiger partial charge in [0.1, 0.15) is 23.7 Å². The molecule has 2 unspecified atom stereocenters. The number of fused-ring (bicyclic) bond motifs is 1. The highest BCUT2D eigenvalue weighted by atomic mass is 79.9. The third kappa shape index (κ3) is 2.53. The van der Waals surface area contributed by atoms with Crippen LogP contribution in [-0.2, 0) is 0 Å². The van der Waals surface area contributed by atoms with Crippen molar-refractivity contribution in [2.45, 2.75) is 17.0 Å². The second-order valence-electron chi connectivity index (χ2n) is 4.19. The van der Waals surface area contributed by atoms with Gasteiger partial charge in [-0.25, -0.2) is 5.43 Å². The molecule has 3 N–H and O–H groups in total. The van der Waals surface area contributed by atoms with Gasteiger partial charge >= 0.3 is 0 Å². The Morgan fingerprint density at radius 2 is 2.21 bits per heavy atom. The number of furan rings is 1. The van der Waals surface area contributed by atoms with Gasteiger partial charge in [0, 0.05) is 10.6 Å². The molecule has 0 fully saturated rings. The summed E-state index contributed by atoms with van der Waals surface area (Å²) in [5, 5.41) is 0. The van der Waals surface area contributed by atoms with E-state index < -0.39 is 0 Å². The largest absolute Gasteiger partial charge is 0.486 e. The van der Waals surface area contributed by atoms with E-state index in [1.54, 1.807) is 18.0 Å². The summed E-state index contributed by atoms with van der Waals surface area (Å²) in [6.45, 7) is 0. The molecular weight excluding hydrogens is 328 g/mol. The van der Waals surface area contributed by atoms with Gasteiger partial charge < -0.3 is 9.15 Å². The predicted octanol–water partition coefficient (Wildman–Crippen LogP) is 3.10. The summed E-state index contributed by atoms with van der Waals surface area (Å²) in [5.74, 6) is 8.13. The lowest BCUT2D eigenvalue weighted by Crippen LogP contribution is -2.42. The molecule has 6 heteroatoms. The first-order valence-corrected chi connectivity index (χ1v) is 7.65. The van der Waals surface area contributed by atoms with E-state index in [2.05, 4.69) is 27.4 Å². The van der Waals surface area contributed by atoms with Crippen LogP contribution in [0.4, 0.5) is 0 Å². The number of rotatable bonds is 3. The first-order chi connectivity index (χ1) is 9.29. The maximum absolute atomic E-state index is 6.02. The quantitative estimate of drug-likeness (QED) is 0.664. The van der Waals surface area contributed by atoms with E-state index in [0.29, 0.717) is 0 Å². The monoisotopic (exact) mass is 340 g/mol. The molecular formula is C13H13BrN2O2S. The molecule has 1 aromatic heterocycles. The molecule has 1 aliphatic rings. The van der Waals surface area contributed by atoms with Crippen LogP contribution in [0.2, 0.25) is 0 Å². The average Bonchev–Trinajstić information content (AvgIpc) is 2.86. The molecule has 0 aliphatic carbocycles. The molecule has 0 bridgehead atoms. The lowest BCUT2D eigenvalue weighted by Gasteiger charge is -2.30. The predicted molar refractivity (Wildman–Crippen MR) is 78.1 cm³/mol. The number of hydrazine groups is 1. The Bertz CT molecular complexity index is 575. The van der Waals surface area contributed by atoms with E-state index in [4.69, 9.17) is 15.0 Å². The number of halogens is 1. The molecule has 0 amide bonds. The van der Waals surface area contributed by atoms with Gasteiger partial charge in [-0.3, -0.25) is 5.84 Å². The van der Waals surface area contributed by atoms with Crippen LogP contribution in [0.5, 0.6) is 5.75 Å². The maximum atomic E-state index is 6.02. The zero-order chi connectivity index (χ0) is 13.2. The van der Waals surface area contributed by atoms with E-state index in [1.807, 2.05) is 24.3 Å². The van der Waals surface area contributed by atoms with Crippen LogP contribution >= 0.6 is 27.7 Å². The summed E-state index contributed by atoms with van der Waals surface area (Å²) in [5.41, 5.74) is 2.78. The van der Waals surface area contributed by atoms with Gasteiger partial charge in [-0.2, -0.15) is 0 Å². The fourth-order valence-corrected chi connectivity index (χ4v) is 3.56. The lowest BCUT2D eigenvalue weighted by molar-refractivity contribution is 0.153. The van der Waals surface area contributed by atoms with Crippen molar-refractivity contribution >= 4 is 27.7 Å². The Morgan fingerprint density at radius 3 is 2.95 bits per heavy atom. The van der Waals surface area contributed by atoms with Crippen molar-refractivity contribution in [2.75, 3.05) is 5.75 Å². The SMILES string of the molecule is NNC(c1occc1Br)C1CSc2ccccc2O1. The minimum absolute atomic E-state index is 0.0765. The van der Waals surface area contributed by atoms with Crippen LogP contribution in [0.3, 0.4) is 0 Å². The number of nitrogens with two attached hydrogens (primary N) is 1. The summed E-state index contributed by atoms with van der Waals surface area (Å²) in [7, 11) is 0. The molecule has 2 heterocycles. The van der Waals surface area contributed by atoms with Crippen molar-refractivity contribution in [3.63, 3.8) is 0 Å². The Kier molecular flexibility index (Phi) is 3.83. The summed E-state index contributed by atoms with van der Waals surface area (Å²) in [6, 6.07) is 9.67. The first kappa shape index (κ1) is 13.1. The molecule has 0 saturated carbocycles. The Hall–Kier alpha value is -0.950. The van der Waals surface area contributed by atoms with Crippen LogP contribution < -0.4 is 16.0 Å². The average molecular weight is 341 g/mol. The second kappa shape index (κ2) is 5.58. The van der Waals surface area contributed by atoms with Gasteiger partial charge in [-0.15, -0.1) is 11.8 Å².